The zero-order valence-corrected chi connectivity index (χ0v) is 21.9. The highest BCUT2D eigenvalue weighted by molar-refractivity contribution is 14.0. The minimum Gasteiger partial charge on any atom is -0.379 e. The third-order valence-corrected chi connectivity index (χ3v) is 7.26. The highest BCUT2D eigenvalue weighted by Gasteiger charge is 2.25. The first kappa shape index (κ1) is 26.6. The number of aliphatic imine (C=N–C) groups is 1. The molecule has 0 saturated carbocycles. The maximum absolute atomic E-state index is 12.8. The van der Waals surface area contributed by atoms with Crippen LogP contribution >= 0.6 is 24.0 Å². The van der Waals surface area contributed by atoms with Gasteiger partial charge in [0.15, 0.2) is 5.96 Å². The molecule has 0 aliphatic carbocycles. The molecule has 1 heterocycles. The summed E-state index contributed by atoms with van der Waals surface area (Å²) in [6.45, 7) is 5.04. The van der Waals surface area contributed by atoms with E-state index in [4.69, 9.17) is 4.74 Å². The Morgan fingerprint density at radius 3 is 1.97 bits per heavy atom. The molecule has 0 atom stereocenters. The molecule has 0 amide bonds. The number of guanidine groups is 1. The zero-order chi connectivity index (χ0) is 22.1. The van der Waals surface area contributed by atoms with Gasteiger partial charge in [0, 0.05) is 33.2 Å². The summed E-state index contributed by atoms with van der Waals surface area (Å²) in [7, 11) is -1.65. The first-order valence-electron chi connectivity index (χ1n) is 10.7. The molecule has 2 aromatic rings. The second kappa shape index (κ2) is 13.1. The van der Waals surface area contributed by atoms with Gasteiger partial charge in [-0.3, -0.25) is 4.99 Å². The number of nitrogens with one attached hydrogen (secondary N) is 2. The summed E-state index contributed by atoms with van der Waals surface area (Å²) in [5.41, 5.74) is 4.29. The molecule has 9 heteroatoms. The van der Waals surface area contributed by atoms with Crippen LogP contribution in [0.3, 0.4) is 0 Å². The van der Waals surface area contributed by atoms with Crippen molar-refractivity contribution < 1.29 is 13.2 Å². The summed E-state index contributed by atoms with van der Waals surface area (Å²) in [6.07, 6.45) is 0.981. The summed E-state index contributed by atoms with van der Waals surface area (Å²) >= 11 is 0. The molecule has 0 unspecified atom stereocenters. The number of ether oxygens (including phenoxy) is 1. The molecule has 0 spiro atoms. The second-order valence-corrected chi connectivity index (χ2v) is 9.41. The Kier molecular flexibility index (Phi) is 10.9. The van der Waals surface area contributed by atoms with Crippen LogP contribution in [0.4, 0.5) is 0 Å². The highest BCUT2D eigenvalue weighted by atomic mass is 127. The Morgan fingerprint density at radius 2 is 1.44 bits per heavy atom. The van der Waals surface area contributed by atoms with Crippen LogP contribution in [0.2, 0.25) is 0 Å². The van der Waals surface area contributed by atoms with Crippen molar-refractivity contribution in [2.24, 2.45) is 4.99 Å². The van der Waals surface area contributed by atoms with Gasteiger partial charge in [0.25, 0.3) is 0 Å². The molecule has 2 aromatic carbocycles. The molecule has 1 fully saturated rings. The fourth-order valence-electron chi connectivity index (χ4n) is 3.64. The molecule has 0 radical (unpaired) electrons. The molecule has 7 nitrogen and oxygen atoms in total. The maximum atomic E-state index is 12.8. The first-order valence-corrected chi connectivity index (χ1v) is 12.3. The summed E-state index contributed by atoms with van der Waals surface area (Å²) in [4.78, 5) is 4.31. The van der Waals surface area contributed by atoms with Crippen LogP contribution in [0, 0.1) is 0 Å². The van der Waals surface area contributed by atoms with Crippen molar-refractivity contribution in [3.8, 4) is 0 Å². The normalized spacial score (nSPS) is 15.1. The van der Waals surface area contributed by atoms with Gasteiger partial charge in [0.05, 0.1) is 19.0 Å². The molecule has 0 aromatic heterocycles. The van der Waals surface area contributed by atoms with Crippen molar-refractivity contribution in [2.45, 2.75) is 32.2 Å². The largest absolute Gasteiger partial charge is 0.379 e. The highest BCUT2D eigenvalue weighted by Crippen LogP contribution is 2.16. The van der Waals surface area contributed by atoms with E-state index in [1.807, 2.05) is 30.3 Å². The van der Waals surface area contributed by atoms with Gasteiger partial charge in [-0.15, -0.1) is 24.0 Å². The van der Waals surface area contributed by atoms with Gasteiger partial charge < -0.3 is 15.4 Å². The number of hydrogen-bond acceptors (Lipinski definition) is 4. The maximum Gasteiger partial charge on any atom is 0.218 e. The number of morpholine rings is 1. The minimum atomic E-state index is -3.38. The Labute approximate surface area is 208 Å². The number of hydrogen-bond donors (Lipinski definition) is 2. The number of benzene rings is 2. The molecule has 0 bridgehead atoms. The molecule has 1 saturated heterocycles. The van der Waals surface area contributed by atoms with Gasteiger partial charge in [-0.2, -0.15) is 4.31 Å². The fraction of sp³-hybridized carbons (Fsp3) is 0.435. The number of nitrogens with zero attached hydrogens (tertiary/aromatic N) is 2. The van der Waals surface area contributed by atoms with Gasteiger partial charge in [-0.1, -0.05) is 55.5 Å². The molecule has 1 aliphatic rings. The lowest BCUT2D eigenvalue weighted by molar-refractivity contribution is 0.0729. The Hall–Kier alpha value is -1.69. The zero-order valence-electron chi connectivity index (χ0n) is 18.7. The van der Waals surface area contributed by atoms with Crippen LogP contribution in [0.5, 0.6) is 0 Å². The number of rotatable bonds is 8. The van der Waals surface area contributed by atoms with Crippen molar-refractivity contribution in [3.63, 3.8) is 0 Å². The van der Waals surface area contributed by atoms with Crippen LogP contribution in [0.1, 0.15) is 29.2 Å². The number of aryl methyl sites for hydroxylation is 1. The van der Waals surface area contributed by atoms with Crippen molar-refractivity contribution in [1.82, 2.24) is 14.9 Å². The number of sulfonamides is 1. The van der Waals surface area contributed by atoms with E-state index in [1.165, 1.54) is 15.4 Å². The molecule has 2 N–H and O–H groups in total. The molecular weight excluding hydrogens is 539 g/mol. The minimum absolute atomic E-state index is 0. The van der Waals surface area contributed by atoms with E-state index in [0.29, 0.717) is 45.4 Å². The monoisotopic (exact) mass is 572 g/mol. The quantitative estimate of drug-likeness (QED) is 0.289. The lowest BCUT2D eigenvalue weighted by atomic mass is 10.1. The topological polar surface area (TPSA) is 83.0 Å². The summed E-state index contributed by atoms with van der Waals surface area (Å²) in [6, 6.07) is 16.0. The smallest absolute Gasteiger partial charge is 0.218 e. The van der Waals surface area contributed by atoms with Gasteiger partial charge in [0.2, 0.25) is 10.0 Å². The van der Waals surface area contributed by atoms with E-state index in [9.17, 15) is 8.42 Å². The molecule has 1 aliphatic heterocycles. The lowest BCUT2D eigenvalue weighted by Crippen LogP contribution is -2.41. The van der Waals surface area contributed by atoms with Gasteiger partial charge >= 0.3 is 0 Å². The predicted octanol–water partition coefficient (Wildman–Crippen LogP) is 2.89. The van der Waals surface area contributed by atoms with Gasteiger partial charge in [-0.25, -0.2) is 8.42 Å². The van der Waals surface area contributed by atoms with E-state index in [0.717, 1.165) is 17.5 Å². The van der Waals surface area contributed by atoms with Crippen LogP contribution in [-0.2, 0) is 40.0 Å². The summed E-state index contributed by atoms with van der Waals surface area (Å²) < 4.78 is 32.5. The van der Waals surface area contributed by atoms with E-state index < -0.39 is 10.0 Å². The van der Waals surface area contributed by atoms with Crippen molar-refractivity contribution >= 4 is 40.0 Å². The second-order valence-electron chi connectivity index (χ2n) is 7.44. The van der Waals surface area contributed by atoms with Crippen molar-refractivity contribution in [1.29, 1.82) is 0 Å². The van der Waals surface area contributed by atoms with Gasteiger partial charge in [-0.05, 0) is 28.7 Å². The van der Waals surface area contributed by atoms with E-state index in [-0.39, 0.29) is 29.7 Å². The van der Waals surface area contributed by atoms with Crippen LogP contribution in [0.25, 0.3) is 0 Å². The SMILES string of the molecule is CCc1ccccc1CNC(=NC)NCc1ccccc1CS(=O)(=O)N1CCOCC1.I. The van der Waals surface area contributed by atoms with Gasteiger partial charge in [0.1, 0.15) is 0 Å². The van der Waals surface area contributed by atoms with E-state index in [1.54, 1.807) is 7.05 Å². The Morgan fingerprint density at radius 1 is 0.938 bits per heavy atom. The van der Waals surface area contributed by atoms with E-state index >= 15 is 0 Å². The average molecular weight is 573 g/mol. The number of halogens is 1. The summed E-state index contributed by atoms with van der Waals surface area (Å²) in [5.74, 6) is 0.664. The van der Waals surface area contributed by atoms with Crippen LogP contribution in [0.15, 0.2) is 53.5 Å². The average Bonchev–Trinajstić information content (AvgIpc) is 2.80. The summed E-state index contributed by atoms with van der Waals surface area (Å²) in [5, 5.41) is 6.66. The molecule has 3 rings (SSSR count). The van der Waals surface area contributed by atoms with Crippen molar-refractivity contribution in [3.05, 3.63) is 70.8 Å². The Balaban J connectivity index is 0.00000363. The predicted molar refractivity (Wildman–Crippen MR) is 140 cm³/mol. The fourth-order valence-corrected chi connectivity index (χ4v) is 5.20. The molecule has 176 valence electrons. The van der Waals surface area contributed by atoms with Crippen molar-refractivity contribution in [2.75, 3.05) is 33.4 Å². The standard InChI is InChI=1S/C23H32N4O3S.HI/c1-3-19-8-4-5-9-20(19)16-25-23(24-2)26-17-21-10-6-7-11-22(21)18-31(28,29)27-12-14-30-15-13-27;/h4-11H,3,12-18H2,1-2H3,(H2,24,25,26);1H. The van der Waals surface area contributed by atoms with E-state index in [2.05, 4.69) is 40.7 Å². The molecule has 32 heavy (non-hydrogen) atoms. The third-order valence-electron chi connectivity index (χ3n) is 5.44. The van der Waals surface area contributed by atoms with Crippen LogP contribution in [-0.4, -0.2) is 52.0 Å². The Bertz CT molecular complexity index is 992. The molecular formula is C23H33IN4O3S. The van der Waals surface area contributed by atoms with Crippen LogP contribution < -0.4 is 10.6 Å². The lowest BCUT2D eigenvalue weighted by Gasteiger charge is -2.26. The third kappa shape index (κ3) is 7.43. The first-order chi connectivity index (χ1) is 15.0.